The molecule has 2 aromatic carbocycles. The maximum atomic E-state index is 13.5. The number of hydrogen-bond acceptors (Lipinski definition) is 5. The first-order valence-corrected chi connectivity index (χ1v) is 13.6. The van der Waals surface area contributed by atoms with Gasteiger partial charge in [-0.3, -0.25) is 9.59 Å². The summed E-state index contributed by atoms with van der Waals surface area (Å²) < 4.78 is 1.82. The predicted molar refractivity (Wildman–Crippen MR) is 147 cm³/mol. The van der Waals surface area contributed by atoms with Crippen molar-refractivity contribution in [2.75, 3.05) is 5.32 Å². The fourth-order valence-electron chi connectivity index (χ4n) is 4.71. The third kappa shape index (κ3) is 3.82. The molecule has 0 saturated carbocycles. The van der Waals surface area contributed by atoms with E-state index in [4.69, 9.17) is 22.4 Å². The van der Waals surface area contributed by atoms with Crippen molar-refractivity contribution in [1.29, 1.82) is 0 Å². The number of hydrogen-bond donors (Lipinski definition) is 2. The minimum Gasteiger partial charge on any atom is -0.365 e. The Morgan fingerprint density at radius 2 is 1.67 bits per heavy atom. The molecule has 3 N–H and O–H groups in total. The van der Waals surface area contributed by atoms with E-state index in [2.05, 4.69) is 5.32 Å². The second-order valence-electron chi connectivity index (χ2n) is 8.62. The van der Waals surface area contributed by atoms with Gasteiger partial charge in [-0.15, -0.1) is 22.7 Å². The van der Waals surface area contributed by atoms with Gasteiger partial charge in [0.2, 0.25) is 0 Å². The molecule has 5 aromatic rings. The number of primary amides is 1. The van der Waals surface area contributed by atoms with Crippen molar-refractivity contribution in [3.05, 3.63) is 86.6 Å². The van der Waals surface area contributed by atoms with Gasteiger partial charge in [-0.05, 0) is 43.4 Å². The zero-order chi connectivity index (χ0) is 24.8. The second kappa shape index (κ2) is 9.20. The third-order valence-corrected chi connectivity index (χ3v) is 9.22. The van der Waals surface area contributed by atoms with Gasteiger partial charge in [-0.1, -0.05) is 60.1 Å². The van der Waals surface area contributed by atoms with Crippen LogP contribution in [0.25, 0.3) is 27.2 Å². The van der Waals surface area contributed by atoms with E-state index in [0.29, 0.717) is 26.2 Å². The van der Waals surface area contributed by atoms with Gasteiger partial charge in [0.15, 0.2) is 0 Å². The van der Waals surface area contributed by atoms with Crippen molar-refractivity contribution >= 4 is 61.3 Å². The molecule has 2 amide bonds. The van der Waals surface area contributed by atoms with E-state index in [-0.39, 0.29) is 5.91 Å². The van der Waals surface area contributed by atoms with Crippen molar-refractivity contribution in [3.8, 4) is 16.9 Å². The summed E-state index contributed by atoms with van der Waals surface area (Å²) >= 11 is 9.61. The molecule has 1 aliphatic carbocycles. The van der Waals surface area contributed by atoms with Gasteiger partial charge in [0.1, 0.15) is 20.4 Å². The van der Waals surface area contributed by atoms with E-state index in [1.807, 2.05) is 65.3 Å². The van der Waals surface area contributed by atoms with Crippen molar-refractivity contribution in [2.24, 2.45) is 5.73 Å². The SMILES string of the molecule is NC(=O)c1c(NC(=O)c2sc3c(c(-c4ccccc4)nn3-c3ccccc3)c2Cl)sc2c1CCCC2. The van der Waals surface area contributed by atoms with Crippen LogP contribution in [0.15, 0.2) is 60.7 Å². The standard InChI is InChI=1S/C27H21ClN4O2S2/c28-21-20-22(15-9-3-1-4-10-15)31-32(16-11-5-2-6-12-16)27(20)36-23(21)25(34)30-26-19(24(29)33)17-13-7-8-14-18(17)35-26/h1-6,9-12H,7-8,13-14H2,(H2,29,33)(H,30,34). The second-order valence-corrected chi connectivity index (χ2v) is 11.1. The van der Waals surface area contributed by atoms with Gasteiger partial charge >= 0.3 is 0 Å². The largest absolute Gasteiger partial charge is 0.365 e. The Kier molecular flexibility index (Phi) is 5.87. The minimum absolute atomic E-state index is 0.343. The lowest BCUT2D eigenvalue weighted by atomic mass is 9.95. The van der Waals surface area contributed by atoms with Gasteiger partial charge in [-0.2, -0.15) is 5.10 Å². The van der Waals surface area contributed by atoms with Crippen LogP contribution in [0.1, 0.15) is 43.3 Å². The normalized spacial score (nSPS) is 13.0. The Balaban J connectivity index is 1.47. The molecule has 3 heterocycles. The Bertz CT molecular complexity index is 1620. The molecular formula is C27H21ClN4O2S2. The van der Waals surface area contributed by atoms with Gasteiger partial charge in [0.05, 0.1) is 21.7 Å². The van der Waals surface area contributed by atoms with Crippen LogP contribution >= 0.6 is 34.3 Å². The number of nitrogens with one attached hydrogen (secondary N) is 1. The maximum Gasteiger partial charge on any atom is 0.267 e. The van der Waals surface area contributed by atoms with E-state index in [1.165, 1.54) is 22.7 Å². The molecule has 180 valence electrons. The first kappa shape index (κ1) is 23.0. The molecule has 6 rings (SSSR count). The van der Waals surface area contributed by atoms with E-state index < -0.39 is 5.91 Å². The predicted octanol–water partition coefficient (Wildman–Crippen LogP) is 6.70. The van der Waals surface area contributed by atoms with Crippen LogP contribution in [0, 0.1) is 0 Å². The topological polar surface area (TPSA) is 90.0 Å². The van der Waals surface area contributed by atoms with E-state index in [1.54, 1.807) is 0 Å². The summed E-state index contributed by atoms with van der Waals surface area (Å²) in [6.45, 7) is 0. The average Bonchev–Trinajstić information content (AvgIpc) is 3.56. The molecule has 0 fully saturated rings. The maximum absolute atomic E-state index is 13.5. The fourth-order valence-corrected chi connectivity index (χ4v) is 7.50. The monoisotopic (exact) mass is 532 g/mol. The van der Waals surface area contributed by atoms with Crippen molar-refractivity contribution in [3.63, 3.8) is 0 Å². The third-order valence-electron chi connectivity index (χ3n) is 6.36. The summed E-state index contributed by atoms with van der Waals surface area (Å²) in [5.41, 5.74) is 9.62. The number of carbonyl (C=O) groups excluding carboxylic acids is 2. The van der Waals surface area contributed by atoms with Gasteiger partial charge < -0.3 is 11.1 Å². The average molecular weight is 533 g/mol. The molecule has 0 saturated heterocycles. The fraction of sp³-hybridized carbons (Fsp3) is 0.148. The molecule has 6 nitrogen and oxygen atoms in total. The van der Waals surface area contributed by atoms with E-state index >= 15 is 0 Å². The number of nitrogens with two attached hydrogens (primary N) is 1. The van der Waals surface area contributed by atoms with Crippen LogP contribution < -0.4 is 11.1 Å². The molecule has 0 aliphatic heterocycles. The number of para-hydroxylation sites is 1. The van der Waals surface area contributed by atoms with Crippen molar-refractivity contribution in [1.82, 2.24) is 9.78 Å². The molecule has 9 heteroatoms. The quantitative estimate of drug-likeness (QED) is 0.264. The zero-order valence-corrected chi connectivity index (χ0v) is 21.5. The highest BCUT2D eigenvalue weighted by atomic mass is 35.5. The Morgan fingerprint density at radius 1 is 0.972 bits per heavy atom. The van der Waals surface area contributed by atoms with Crippen molar-refractivity contribution < 1.29 is 9.59 Å². The molecule has 3 aromatic heterocycles. The van der Waals surface area contributed by atoms with Gasteiger partial charge in [-0.25, -0.2) is 4.68 Å². The van der Waals surface area contributed by atoms with Crippen LogP contribution in [0.4, 0.5) is 5.00 Å². The summed E-state index contributed by atoms with van der Waals surface area (Å²) in [6.07, 6.45) is 3.78. The van der Waals surface area contributed by atoms with Crippen LogP contribution in [0.3, 0.4) is 0 Å². The summed E-state index contributed by atoms with van der Waals surface area (Å²) in [5.74, 6) is -0.876. The number of anilines is 1. The highest BCUT2D eigenvalue weighted by molar-refractivity contribution is 7.21. The zero-order valence-electron chi connectivity index (χ0n) is 19.1. The van der Waals surface area contributed by atoms with Crippen LogP contribution in [-0.2, 0) is 12.8 Å². The summed E-state index contributed by atoms with van der Waals surface area (Å²) in [6, 6.07) is 19.5. The minimum atomic E-state index is -0.516. The molecule has 0 spiro atoms. The summed E-state index contributed by atoms with van der Waals surface area (Å²) in [7, 11) is 0. The van der Waals surface area contributed by atoms with Gasteiger partial charge in [0.25, 0.3) is 11.8 Å². The number of nitrogens with zero attached hydrogens (tertiary/aromatic N) is 2. The molecule has 0 unspecified atom stereocenters. The lowest BCUT2D eigenvalue weighted by Crippen LogP contribution is -2.18. The number of fused-ring (bicyclic) bond motifs is 2. The lowest BCUT2D eigenvalue weighted by Gasteiger charge is -2.11. The van der Waals surface area contributed by atoms with Crippen molar-refractivity contribution in [2.45, 2.75) is 25.7 Å². The molecule has 0 radical (unpaired) electrons. The Labute approximate surface area is 220 Å². The van der Waals surface area contributed by atoms with E-state index in [9.17, 15) is 9.59 Å². The summed E-state index contributed by atoms with van der Waals surface area (Å²) in [4.78, 5) is 28.1. The first-order chi connectivity index (χ1) is 17.5. The Morgan fingerprint density at radius 3 is 2.39 bits per heavy atom. The number of aryl methyl sites for hydroxylation is 1. The molecular weight excluding hydrogens is 512 g/mol. The molecule has 0 bridgehead atoms. The van der Waals surface area contributed by atoms with Crippen LogP contribution in [0.5, 0.6) is 0 Å². The Hall–Kier alpha value is -3.46. The highest BCUT2D eigenvalue weighted by Gasteiger charge is 2.29. The number of aromatic nitrogens is 2. The summed E-state index contributed by atoms with van der Waals surface area (Å²) in [5, 5.41) is 9.39. The number of benzene rings is 2. The molecule has 36 heavy (non-hydrogen) atoms. The first-order valence-electron chi connectivity index (χ1n) is 11.6. The number of carbonyl (C=O) groups is 2. The number of thiophene rings is 2. The van der Waals surface area contributed by atoms with Gasteiger partial charge in [0, 0.05) is 10.4 Å². The highest BCUT2D eigenvalue weighted by Crippen LogP contribution is 2.43. The number of amides is 2. The number of halogens is 1. The lowest BCUT2D eigenvalue weighted by molar-refractivity contribution is 0.100. The number of rotatable bonds is 5. The van der Waals surface area contributed by atoms with E-state index in [0.717, 1.165) is 57.6 Å². The smallest absolute Gasteiger partial charge is 0.267 e. The van der Waals surface area contributed by atoms with Crippen LogP contribution in [-0.4, -0.2) is 21.6 Å². The molecule has 0 atom stereocenters. The van der Waals surface area contributed by atoms with Crippen LogP contribution in [0.2, 0.25) is 5.02 Å². The molecule has 1 aliphatic rings.